The molecule has 1 aromatic rings. The molecule has 1 saturated carbocycles. The van der Waals surface area contributed by atoms with Crippen molar-refractivity contribution in [3.63, 3.8) is 0 Å². The van der Waals surface area contributed by atoms with Gasteiger partial charge in [-0.15, -0.1) is 0 Å². The van der Waals surface area contributed by atoms with Gasteiger partial charge in [0.05, 0.1) is 11.2 Å². The van der Waals surface area contributed by atoms with Crippen molar-refractivity contribution >= 4 is 17.7 Å². The molecular weight excluding hydrogens is 247 g/mol. The number of anilines is 2. The molecule has 0 bridgehead atoms. The average molecular weight is 262 g/mol. The molecule has 0 atom stereocenters. The predicted molar refractivity (Wildman–Crippen MR) is 69.7 cm³/mol. The van der Waals surface area contributed by atoms with Crippen LogP contribution in [-0.4, -0.2) is 29.5 Å². The first kappa shape index (κ1) is 12.1. The summed E-state index contributed by atoms with van der Waals surface area (Å²) in [7, 11) is 1.72. The largest absolute Gasteiger partial charge is 0.357 e. The molecule has 1 N–H and O–H groups in total. The first-order valence-electron chi connectivity index (χ1n) is 6.29. The van der Waals surface area contributed by atoms with E-state index in [4.69, 9.17) is 0 Å². The maximum Gasteiger partial charge on any atom is 0.239 e. The normalized spacial score (nSPS) is 18.6. The molecule has 5 nitrogen and oxygen atoms in total. The van der Waals surface area contributed by atoms with Crippen LogP contribution >= 0.6 is 0 Å². The lowest BCUT2D eigenvalue weighted by atomic mass is 10.0. The number of carbonyl (C=O) groups excluding carboxylic acids is 1. The molecule has 1 aromatic heterocycles. The summed E-state index contributed by atoms with van der Waals surface area (Å²) in [6.45, 7) is 3.51. The van der Waals surface area contributed by atoms with Crippen LogP contribution in [0.5, 0.6) is 0 Å². The van der Waals surface area contributed by atoms with Crippen molar-refractivity contribution in [1.29, 1.82) is 0 Å². The fourth-order valence-corrected chi connectivity index (χ4v) is 2.56. The number of hydrogen-bond acceptors (Lipinski definition) is 4. The third-order valence-electron chi connectivity index (χ3n) is 3.77. The predicted octanol–water partition coefficient (Wildman–Crippen LogP) is 1.77. The number of aromatic nitrogens is 2. The fourth-order valence-electron chi connectivity index (χ4n) is 2.56. The molecule has 0 radical (unpaired) electrons. The van der Waals surface area contributed by atoms with E-state index in [0.29, 0.717) is 11.8 Å². The second kappa shape index (κ2) is 4.01. The summed E-state index contributed by atoms with van der Waals surface area (Å²) in [5, 5.41) is 2.85. The van der Waals surface area contributed by atoms with E-state index < -0.39 is 11.2 Å². The van der Waals surface area contributed by atoms with E-state index in [1.54, 1.807) is 18.1 Å². The van der Waals surface area contributed by atoms with Crippen LogP contribution in [0, 0.1) is 0 Å². The molecule has 0 aromatic carbocycles. The van der Waals surface area contributed by atoms with Crippen LogP contribution in [0.25, 0.3) is 0 Å². The van der Waals surface area contributed by atoms with Crippen LogP contribution in [-0.2, 0) is 10.2 Å². The number of rotatable bonds is 4. The minimum atomic E-state index is -0.431. The lowest BCUT2D eigenvalue weighted by Gasteiger charge is -2.16. The minimum absolute atomic E-state index is 0.0197. The van der Waals surface area contributed by atoms with Crippen molar-refractivity contribution in [2.24, 2.45) is 0 Å². The molecule has 0 unspecified atom stereocenters. The molecule has 1 aliphatic heterocycles. The highest BCUT2D eigenvalue weighted by Crippen LogP contribution is 2.56. The Kier molecular flexibility index (Phi) is 2.55. The fraction of sp³-hybridized carbons (Fsp3) is 0.462. The molecule has 2 aliphatic rings. The Bertz CT molecular complexity index is 568. The molecule has 1 fully saturated rings. The maximum atomic E-state index is 12.8. The van der Waals surface area contributed by atoms with Gasteiger partial charge in [0.2, 0.25) is 11.9 Å². The molecule has 2 heterocycles. The Labute approximate surface area is 110 Å². The molecule has 1 spiro atoms. The van der Waals surface area contributed by atoms with Gasteiger partial charge in [0.25, 0.3) is 0 Å². The summed E-state index contributed by atoms with van der Waals surface area (Å²) < 4.78 is 12.8. The van der Waals surface area contributed by atoms with Crippen LogP contribution in [0.2, 0.25) is 0 Å². The molecule has 3 rings (SSSR count). The van der Waals surface area contributed by atoms with Crippen molar-refractivity contribution in [2.45, 2.75) is 24.7 Å². The first-order chi connectivity index (χ1) is 9.08. The quantitative estimate of drug-likeness (QED) is 0.898. The van der Waals surface area contributed by atoms with E-state index in [1.807, 2.05) is 0 Å². The van der Waals surface area contributed by atoms with Gasteiger partial charge in [-0.05, 0) is 12.8 Å². The monoisotopic (exact) mass is 262 g/mol. The Hall–Kier alpha value is -1.98. The molecule has 19 heavy (non-hydrogen) atoms. The summed E-state index contributed by atoms with van der Waals surface area (Å²) in [5.41, 5.74) is 0.445. The van der Waals surface area contributed by atoms with Crippen LogP contribution in [0.1, 0.15) is 24.8 Å². The zero-order valence-corrected chi connectivity index (χ0v) is 10.7. The van der Waals surface area contributed by atoms with Gasteiger partial charge < -0.3 is 5.32 Å². The van der Waals surface area contributed by atoms with Crippen LogP contribution in [0.15, 0.2) is 18.6 Å². The zero-order chi connectivity index (χ0) is 13.6. The third kappa shape index (κ3) is 1.70. The standard InChI is InChI=1S/C13H15FN4O/c1-8(14)3-6-18-10-9(7-16-12(15-2)17-10)13(4-5-13)11(18)19/h7H,1,3-6H2,2H3,(H,15,16,17). The van der Waals surface area contributed by atoms with Gasteiger partial charge in [0, 0.05) is 31.8 Å². The van der Waals surface area contributed by atoms with E-state index in [9.17, 15) is 9.18 Å². The van der Waals surface area contributed by atoms with Gasteiger partial charge in [-0.2, -0.15) is 4.98 Å². The Balaban J connectivity index is 1.99. The van der Waals surface area contributed by atoms with Crippen LogP contribution in [0.4, 0.5) is 16.2 Å². The third-order valence-corrected chi connectivity index (χ3v) is 3.77. The van der Waals surface area contributed by atoms with Crippen molar-refractivity contribution in [3.8, 4) is 0 Å². The van der Waals surface area contributed by atoms with E-state index in [-0.39, 0.29) is 18.9 Å². The highest BCUT2D eigenvalue weighted by molar-refractivity contribution is 6.09. The molecule has 1 amide bonds. The van der Waals surface area contributed by atoms with Gasteiger partial charge in [0.1, 0.15) is 5.82 Å². The topological polar surface area (TPSA) is 58.1 Å². The summed E-state index contributed by atoms with van der Waals surface area (Å²) in [6, 6.07) is 0. The number of nitrogens with one attached hydrogen (secondary N) is 1. The number of amides is 1. The second-order valence-electron chi connectivity index (χ2n) is 4.99. The van der Waals surface area contributed by atoms with Gasteiger partial charge in [0.15, 0.2) is 0 Å². The number of hydrogen-bond donors (Lipinski definition) is 1. The number of fused-ring (bicyclic) bond motifs is 2. The smallest absolute Gasteiger partial charge is 0.239 e. The molecule has 100 valence electrons. The lowest BCUT2D eigenvalue weighted by molar-refractivity contribution is -0.120. The highest BCUT2D eigenvalue weighted by atomic mass is 19.1. The molecular formula is C13H15FN4O. The van der Waals surface area contributed by atoms with Gasteiger partial charge in [-0.1, -0.05) is 6.58 Å². The van der Waals surface area contributed by atoms with E-state index >= 15 is 0 Å². The zero-order valence-electron chi connectivity index (χ0n) is 10.7. The number of nitrogens with zero attached hydrogens (tertiary/aromatic N) is 3. The number of halogens is 1. The van der Waals surface area contributed by atoms with E-state index in [1.165, 1.54) is 0 Å². The van der Waals surface area contributed by atoms with Crippen LogP contribution in [0.3, 0.4) is 0 Å². The SMILES string of the molecule is C=C(F)CCN1C(=O)C2(CC2)c2cnc(NC)nc21. The van der Waals surface area contributed by atoms with Crippen molar-refractivity contribution < 1.29 is 9.18 Å². The van der Waals surface area contributed by atoms with Crippen LogP contribution < -0.4 is 10.2 Å². The Morgan fingerprint density at radius 1 is 1.63 bits per heavy atom. The van der Waals surface area contributed by atoms with Crippen molar-refractivity contribution in [3.05, 3.63) is 24.2 Å². The summed E-state index contributed by atoms with van der Waals surface area (Å²) in [5.74, 6) is 0.678. The minimum Gasteiger partial charge on any atom is -0.357 e. The van der Waals surface area contributed by atoms with Gasteiger partial charge in [-0.3, -0.25) is 9.69 Å². The second-order valence-corrected chi connectivity index (χ2v) is 4.99. The van der Waals surface area contributed by atoms with Crippen molar-refractivity contribution in [1.82, 2.24) is 9.97 Å². The highest BCUT2D eigenvalue weighted by Gasteiger charge is 2.60. The summed E-state index contributed by atoms with van der Waals surface area (Å²) in [4.78, 5) is 22.5. The number of carbonyl (C=O) groups is 1. The molecule has 0 saturated heterocycles. The van der Waals surface area contributed by atoms with Gasteiger partial charge in [-0.25, -0.2) is 9.37 Å². The first-order valence-corrected chi connectivity index (χ1v) is 6.29. The summed E-state index contributed by atoms with van der Waals surface area (Å²) >= 11 is 0. The Morgan fingerprint density at radius 3 is 2.95 bits per heavy atom. The molecule has 1 aliphatic carbocycles. The van der Waals surface area contributed by atoms with E-state index in [2.05, 4.69) is 21.9 Å². The lowest BCUT2D eigenvalue weighted by Crippen LogP contribution is -2.33. The summed E-state index contributed by atoms with van der Waals surface area (Å²) in [6.07, 6.45) is 3.51. The Morgan fingerprint density at radius 2 is 2.37 bits per heavy atom. The maximum absolute atomic E-state index is 12.8. The average Bonchev–Trinajstić information content (AvgIpc) is 3.15. The van der Waals surface area contributed by atoms with E-state index in [0.717, 1.165) is 18.4 Å². The van der Waals surface area contributed by atoms with Gasteiger partial charge >= 0.3 is 0 Å². The molecule has 6 heteroatoms. The van der Waals surface area contributed by atoms with Crippen molar-refractivity contribution in [2.75, 3.05) is 23.8 Å².